The lowest BCUT2D eigenvalue weighted by Crippen LogP contribution is -2.15. The maximum atomic E-state index is 13.5. The number of amides is 1. The number of hydrogen-bond acceptors (Lipinski definition) is 4. The predicted octanol–water partition coefficient (Wildman–Crippen LogP) is 5.77. The van der Waals surface area contributed by atoms with Crippen LogP contribution < -0.4 is 5.32 Å². The van der Waals surface area contributed by atoms with Crippen LogP contribution in [0.3, 0.4) is 0 Å². The second-order valence-corrected chi connectivity index (χ2v) is 8.15. The molecule has 156 valence electrons. The van der Waals surface area contributed by atoms with Crippen LogP contribution in [0.15, 0.2) is 78.0 Å². The highest BCUT2D eigenvalue weighted by molar-refractivity contribution is 7.99. The van der Waals surface area contributed by atoms with E-state index in [2.05, 4.69) is 15.5 Å². The number of nitrogens with zero attached hydrogens (tertiary/aromatic N) is 3. The SMILES string of the molecule is Cc1ccc(NC(=O)CSc2nnc(-c3ccccc3)n2-c2ccc(F)cc2)c(Cl)c1. The number of hydrogen-bond donors (Lipinski definition) is 1. The zero-order valence-corrected chi connectivity index (χ0v) is 18.1. The van der Waals surface area contributed by atoms with E-state index in [0.717, 1.165) is 11.1 Å². The van der Waals surface area contributed by atoms with E-state index in [9.17, 15) is 9.18 Å². The summed E-state index contributed by atoms with van der Waals surface area (Å²) in [5.41, 5.74) is 3.14. The van der Waals surface area contributed by atoms with E-state index in [1.54, 1.807) is 24.3 Å². The highest BCUT2D eigenvalue weighted by atomic mass is 35.5. The number of carbonyl (C=O) groups excluding carboxylic acids is 1. The van der Waals surface area contributed by atoms with Gasteiger partial charge >= 0.3 is 0 Å². The van der Waals surface area contributed by atoms with E-state index in [0.29, 0.717) is 27.4 Å². The number of aryl methyl sites for hydroxylation is 1. The van der Waals surface area contributed by atoms with Crippen molar-refractivity contribution in [3.8, 4) is 17.1 Å². The van der Waals surface area contributed by atoms with Crippen molar-refractivity contribution >= 4 is 35.0 Å². The molecule has 0 fully saturated rings. The minimum absolute atomic E-state index is 0.109. The summed E-state index contributed by atoms with van der Waals surface area (Å²) in [5, 5.41) is 12.4. The minimum atomic E-state index is -0.332. The van der Waals surface area contributed by atoms with Gasteiger partial charge in [-0.3, -0.25) is 9.36 Å². The number of halogens is 2. The molecule has 0 saturated carbocycles. The first-order valence-corrected chi connectivity index (χ1v) is 10.8. The molecule has 0 bridgehead atoms. The lowest BCUT2D eigenvalue weighted by Gasteiger charge is -2.11. The van der Waals surface area contributed by atoms with Crippen LogP contribution in [0.4, 0.5) is 10.1 Å². The van der Waals surface area contributed by atoms with Gasteiger partial charge in [-0.2, -0.15) is 0 Å². The van der Waals surface area contributed by atoms with Crippen LogP contribution in [0.1, 0.15) is 5.56 Å². The van der Waals surface area contributed by atoms with Gasteiger partial charge in [0.2, 0.25) is 5.91 Å². The van der Waals surface area contributed by atoms with Crippen molar-refractivity contribution in [3.05, 3.63) is 89.2 Å². The molecule has 0 aliphatic rings. The second-order valence-electron chi connectivity index (χ2n) is 6.80. The summed E-state index contributed by atoms with van der Waals surface area (Å²) in [6.45, 7) is 1.93. The highest BCUT2D eigenvalue weighted by Crippen LogP contribution is 2.28. The van der Waals surface area contributed by atoms with Crippen molar-refractivity contribution in [2.75, 3.05) is 11.1 Å². The molecule has 4 aromatic rings. The number of anilines is 1. The van der Waals surface area contributed by atoms with Crippen LogP contribution in [-0.4, -0.2) is 26.4 Å². The molecule has 1 amide bonds. The first-order valence-electron chi connectivity index (χ1n) is 9.47. The molecule has 0 radical (unpaired) electrons. The van der Waals surface area contributed by atoms with Gasteiger partial charge in [0.05, 0.1) is 16.5 Å². The molecule has 1 heterocycles. The van der Waals surface area contributed by atoms with E-state index in [4.69, 9.17) is 11.6 Å². The summed E-state index contributed by atoms with van der Waals surface area (Å²) < 4.78 is 15.3. The third-order valence-corrected chi connectivity index (χ3v) is 5.72. The van der Waals surface area contributed by atoms with Gasteiger partial charge in [-0.1, -0.05) is 59.8 Å². The number of rotatable bonds is 6. The van der Waals surface area contributed by atoms with Crippen LogP contribution in [-0.2, 0) is 4.79 Å². The van der Waals surface area contributed by atoms with E-state index in [1.165, 1.54) is 23.9 Å². The molecule has 3 aromatic carbocycles. The maximum Gasteiger partial charge on any atom is 0.234 e. The molecule has 1 N–H and O–H groups in total. The Morgan fingerprint density at radius 3 is 2.52 bits per heavy atom. The zero-order valence-electron chi connectivity index (χ0n) is 16.5. The molecule has 8 heteroatoms. The Morgan fingerprint density at radius 1 is 1.06 bits per heavy atom. The largest absolute Gasteiger partial charge is 0.324 e. The summed E-state index contributed by atoms with van der Waals surface area (Å²) in [6, 6.07) is 21.1. The normalized spacial score (nSPS) is 10.8. The van der Waals surface area contributed by atoms with Crippen molar-refractivity contribution in [2.24, 2.45) is 0 Å². The molecule has 0 saturated heterocycles. The third kappa shape index (κ3) is 4.95. The number of nitrogens with one attached hydrogen (secondary N) is 1. The molecular weight excluding hydrogens is 435 g/mol. The lowest BCUT2D eigenvalue weighted by atomic mass is 10.2. The predicted molar refractivity (Wildman–Crippen MR) is 122 cm³/mol. The molecule has 0 atom stereocenters. The summed E-state index contributed by atoms with van der Waals surface area (Å²) in [5.74, 6) is 0.169. The summed E-state index contributed by atoms with van der Waals surface area (Å²) in [4.78, 5) is 12.5. The standard InChI is InChI=1S/C23H18ClFN4OS/c1-15-7-12-20(19(24)13-15)26-21(30)14-31-23-28-27-22(16-5-3-2-4-6-16)29(23)18-10-8-17(25)9-11-18/h2-13H,14H2,1H3,(H,26,30). The van der Waals surface area contributed by atoms with Crippen LogP contribution in [0, 0.1) is 12.7 Å². The average Bonchev–Trinajstić information content (AvgIpc) is 3.19. The second kappa shape index (κ2) is 9.32. The first kappa shape index (κ1) is 21.1. The van der Waals surface area contributed by atoms with Crippen molar-refractivity contribution < 1.29 is 9.18 Å². The van der Waals surface area contributed by atoms with Crippen molar-refractivity contribution in [3.63, 3.8) is 0 Å². The molecule has 0 spiro atoms. The molecule has 0 unspecified atom stereocenters. The van der Waals surface area contributed by atoms with Gasteiger partial charge in [-0.25, -0.2) is 4.39 Å². The van der Waals surface area contributed by atoms with E-state index in [1.807, 2.05) is 47.9 Å². The molecule has 31 heavy (non-hydrogen) atoms. The number of benzene rings is 3. The van der Waals surface area contributed by atoms with Gasteiger partial charge in [0.15, 0.2) is 11.0 Å². The lowest BCUT2D eigenvalue weighted by molar-refractivity contribution is -0.113. The van der Waals surface area contributed by atoms with Crippen LogP contribution in [0.2, 0.25) is 5.02 Å². The average molecular weight is 453 g/mol. The Kier molecular flexibility index (Phi) is 6.34. The highest BCUT2D eigenvalue weighted by Gasteiger charge is 2.17. The van der Waals surface area contributed by atoms with Gasteiger partial charge in [-0.05, 0) is 48.9 Å². The Balaban J connectivity index is 1.58. The van der Waals surface area contributed by atoms with Crippen LogP contribution in [0.5, 0.6) is 0 Å². The first-order chi connectivity index (χ1) is 15.0. The Labute approximate surface area is 188 Å². The van der Waals surface area contributed by atoms with Gasteiger partial charge in [0, 0.05) is 11.3 Å². The van der Waals surface area contributed by atoms with Gasteiger partial charge in [0.25, 0.3) is 0 Å². The summed E-state index contributed by atoms with van der Waals surface area (Å²) >= 11 is 7.44. The molecule has 4 rings (SSSR count). The smallest absolute Gasteiger partial charge is 0.234 e. The Bertz CT molecular complexity index is 1210. The van der Waals surface area contributed by atoms with E-state index < -0.39 is 0 Å². The van der Waals surface area contributed by atoms with E-state index in [-0.39, 0.29) is 17.5 Å². The number of aromatic nitrogens is 3. The molecular formula is C23H18ClFN4OS. The minimum Gasteiger partial charge on any atom is -0.324 e. The van der Waals surface area contributed by atoms with E-state index >= 15 is 0 Å². The van der Waals surface area contributed by atoms with Crippen molar-refractivity contribution in [1.82, 2.24) is 14.8 Å². The van der Waals surface area contributed by atoms with Gasteiger partial charge in [0.1, 0.15) is 5.82 Å². The molecule has 0 aliphatic carbocycles. The molecule has 0 aliphatic heterocycles. The molecule has 5 nitrogen and oxygen atoms in total. The van der Waals surface area contributed by atoms with Crippen molar-refractivity contribution in [2.45, 2.75) is 12.1 Å². The quantitative estimate of drug-likeness (QED) is 0.377. The topological polar surface area (TPSA) is 59.8 Å². The fourth-order valence-corrected chi connectivity index (χ4v) is 4.03. The van der Waals surface area contributed by atoms with Crippen molar-refractivity contribution in [1.29, 1.82) is 0 Å². The van der Waals surface area contributed by atoms with Gasteiger partial charge in [-0.15, -0.1) is 10.2 Å². The monoisotopic (exact) mass is 452 g/mol. The van der Waals surface area contributed by atoms with Crippen LogP contribution >= 0.6 is 23.4 Å². The summed E-state index contributed by atoms with van der Waals surface area (Å²) in [7, 11) is 0. The maximum absolute atomic E-state index is 13.5. The Morgan fingerprint density at radius 2 is 1.81 bits per heavy atom. The number of carbonyl (C=O) groups is 1. The molecule has 1 aromatic heterocycles. The summed E-state index contributed by atoms with van der Waals surface area (Å²) in [6.07, 6.45) is 0. The third-order valence-electron chi connectivity index (χ3n) is 4.48. The fraction of sp³-hybridized carbons (Fsp3) is 0.0870. The van der Waals surface area contributed by atoms with Crippen LogP contribution in [0.25, 0.3) is 17.1 Å². The fourth-order valence-electron chi connectivity index (χ4n) is 3.00. The zero-order chi connectivity index (χ0) is 21.8. The Hall–Kier alpha value is -3.16. The van der Waals surface area contributed by atoms with Gasteiger partial charge < -0.3 is 5.32 Å². The number of thioether (sulfide) groups is 1.